The Bertz CT molecular complexity index is 588. The topological polar surface area (TPSA) is 78.9 Å². The zero-order valence-corrected chi connectivity index (χ0v) is 13.5. The standard InChI is InChI=1S/C17H20O6/c1-5-6-14(23-15(18)11(2)3)17(20)22-13-9-7-12(8-10-13)16(19)21-4/h7-10,14H,2,5-6H2,1,3-4H3. The highest BCUT2D eigenvalue weighted by Gasteiger charge is 2.24. The van der Waals surface area contributed by atoms with Gasteiger partial charge in [-0.15, -0.1) is 0 Å². The molecule has 0 heterocycles. The fourth-order valence-corrected chi connectivity index (χ4v) is 1.68. The van der Waals surface area contributed by atoms with Gasteiger partial charge >= 0.3 is 17.9 Å². The van der Waals surface area contributed by atoms with Crippen molar-refractivity contribution < 1.29 is 28.6 Å². The van der Waals surface area contributed by atoms with Gasteiger partial charge in [0.1, 0.15) is 5.75 Å². The Kier molecular flexibility index (Phi) is 6.99. The Balaban J connectivity index is 2.76. The van der Waals surface area contributed by atoms with E-state index in [4.69, 9.17) is 9.47 Å². The van der Waals surface area contributed by atoms with Crippen LogP contribution in [0, 0.1) is 0 Å². The average molecular weight is 320 g/mol. The summed E-state index contributed by atoms with van der Waals surface area (Å²) in [4.78, 5) is 35.0. The van der Waals surface area contributed by atoms with Crippen molar-refractivity contribution in [1.29, 1.82) is 0 Å². The van der Waals surface area contributed by atoms with E-state index in [2.05, 4.69) is 11.3 Å². The summed E-state index contributed by atoms with van der Waals surface area (Å²) in [5.74, 6) is -1.55. The van der Waals surface area contributed by atoms with Crippen molar-refractivity contribution in [2.45, 2.75) is 32.8 Å². The number of esters is 3. The average Bonchev–Trinajstić information content (AvgIpc) is 2.54. The van der Waals surface area contributed by atoms with Gasteiger partial charge < -0.3 is 14.2 Å². The van der Waals surface area contributed by atoms with Crippen LogP contribution in [0.2, 0.25) is 0 Å². The Hall–Kier alpha value is -2.63. The molecule has 1 rings (SSSR count). The van der Waals surface area contributed by atoms with Crippen LogP contribution in [0.5, 0.6) is 5.75 Å². The first-order valence-electron chi connectivity index (χ1n) is 7.15. The maximum absolute atomic E-state index is 12.1. The normalized spacial score (nSPS) is 11.3. The van der Waals surface area contributed by atoms with E-state index in [1.54, 1.807) is 0 Å². The van der Waals surface area contributed by atoms with Crippen molar-refractivity contribution in [2.24, 2.45) is 0 Å². The second-order valence-electron chi connectivity index (χ2n) is 4.90. The highest BCUT2D eigenvalue weighted by Crippen LogP contribution is 2.16. The van der Waals surface area contributed by atoms with Crippen molar-refractivity contribution in [3.63, 3.8) is 0 Å². The third kappa shape index (κ3) is 5.58. The molecule has 1 unspecified atom stereocenters. The summed E-state index contributed by atoms with van der Waals surface area (Å²) in [7, 11) is 1.28. The zero-order valence-electron chi connectivity index (χ0n) is 13.5. The van der Waals surface area contributed by atoms with Crippen LogP contribution in [0.15, 0.2) is 36.4 Å². The fraction of sp³-hybridized carbons (Fsp3) is 0.353. The number of hydrogen-bond donors (Lipinski definition) is 0. The molecule has 1 aromatic carbocycles. The third-order valence-corrected chi connectivity index (χ3v) is 2.91. The van der Waals surface area contributed by atoms with E-state index in [1.165, 1.54) is 38.3 Å². The van der Waals surface area contributed by atoms with E-state index in [1.807, 2.05) is 6.92 Å². The van der Waals surface area contributed by atoms with Gasteiger partial charge in [-0.1, -0.05) is 19.9 Å². The van der Waals surface area contributed by atoms with Crippen LogP contribution >= 0.6 is 0 Å². The highest BCUT2D eigenvalue weighted by molar-refractivity contribution is 5.90. The summed E-state index contributed by atoms with van der Waals surface area (Å²) in [5, 5.41) is 0. The largest absolute Gasteiger partial charge is 0.465 e. The van der Waals surface area contributed by atoms with Crippen LogP contribution in [-0.2, 0) is 19.1 Å². The van der Waals surface area contributed by atoms with Gasteiger partial charge in [0.15, 0.2) is 6.10 Å². The van der Waals surface area contributed by atoms with Crippen molar-refractivity contribution >= 4 is 17.9 Å². The molecule has 0 radical (unpaired) electrons. The number of benzene rings is 1. The lowest BCUT2D eigenvalue weighted by molar-refractivity contribution is -0.159. The van der Waals surface area contributed by atoms with E-state index >= 15 is 0 Å². The second kappa shape index (κ2) is 8.73. The number of methoxy groups -OCH3 is 1. The smallest absolute Gasteiger partial charge is 0.352 e. The number of ether oxygens (including phenoxy) is 3. The van der Waals surface area contributed by atoms with Crippen molar-refractivity contribution in [3.05, 3.63) is 42.0 Å². The van der Waals surface area contributed by atoms with Crippen LogP contribution in [0.4, 0.5) is 0 Å². The minimum absolute atomic E-state index is 0.210. The number of rotatable bonds is 7. The van der Waals surface area contributed by atoms with Crippen molar-refractivity contribution in [2.75, 3.05) is 7.11 Å². The van der Waals surface area contributed by atoms with E-state index in [-0.39, 0.29) is 11.3 Å². The molecule has 0 aliphatic rings. The molecular formula is C17H20O6. The quantitative estimate of drug-likeness (QED) is 0.436. The summed E-state index contributed by atoms with van der Waals surface area (Å²) < 4.78 is 14.8. The summed E-state index contributed by atoms with van der Waals surface area (Å²) in [6.07, 6.45) is -0.00714. The first-order chi connectivity index (χ1) is 10.9. The highest BCUT2D eigenvalue weighted by atomic mass is 16.6. The van der Waals surface area contributed by atoms with Gasteiger partial charge in [-0.2, -0.15) is 0 Å². The van der Waals surface area contributed by atoms with Crippen molar-refractivity contribution in [3.8, 4) is 5.75 Å². The van der Waals surface area contributed by atoms with Crippen LogP contribution in [-0.4, -0.2) is 31.1 Å². The first-order valence-corrected chi connectivity index (χ1v) is 7.15. The number of carbonyl (C=O) groups excluding carboxylic acids is 3. The minimum Gasteiger partial charge on any atom is -0.465 e. The second-order valence-corrected chi connectivity index (χ2v) is 4.90. The predicted octanol–water partition coefficient (Wildman–Crippen LogP) is 2.67. The zero-order chi connectivity index (χ0) is 17.4. The Morgan fingerprint density at radius 1 is 1.17 bits per heavy atom. The van der Waals surface area contributed by atoms with Gasteiger partial charge in [0.05, 0.1) is 12.7 Å². The maximum Gasteiger partial charge on any atom is 0.352 e. The summed E-state index contributed by atoms with van der Waals surface area (Å²) in [5.41, 5.74) is 0.549. The van der Waals surface area contributed by atoms with Gasteiger partial charge in [-0.3, -0.25) is 0 Å². The molecular weight excluding hydrogens is 300 g/mol. The first kappa shape index (κ1) is 18.4. The van der Waals surface area contributed by atoms with Crippen LogP contribution < -0.4 is 4.74 Å². The van der Waals surface area contributed by atoms with Crippen LogP contribution in [0.1, 0.15) is 37.0 Å². The molecule has 6 nitrogen and oxygen atoms in total. The fourth-order valence-electron chi connectivity index (χ4n) is 1.68. The molecule has 0 aliphatic heterocycles. The van der Waals surface area contributed by atoms with Crippen molar-refractivity contribution in [1.82, 2.24) is 0 Å². The van der Waals surface area contributed by atoms with E-state index in [0.29, 0.717) is 18.4 Å². The number of hydrogen-bond acceptors (Lipinski definition) is 6. The SMILES string of the molecule is C=C(C)C(=O)OC(CCC)C(=O)Oc1ccc(C(=O)OC)cc1. The summed E-state index contributed by atoms with van der Waals surface area (Å²) in [6.45, 7) is 6.84. The van der Waals surface area contributed by atoms with E-state index in [9.17, 15) is 14.4 Å². The summed E-state index contributed by atoms with van der Waals surface area (Å²) in [6, 6.07) is 5.88. The predicted molar refractivity (Wildman–Crippen MR) is 83.0 cm³/mol. The minimum atomic E-state index is -0.996. The Morgan fingerprint density at radius 2 is 1.78 bits per heavy atom. The molecule has 0 aromatic heterocycles. The van der Waals surface area contributed by atoms with Gasteiger partial charge in [0.2, 0.25) is 0 Å². The lowest BCUT2D eigenvalue weighted by Gasteiger charge is -2.16. The maximum atomic E-state index is 12.1. The number of carbonyl (C=O) groups is 3. The van der Waals surface area contributed by atoms with E-state index < -0.39 is 24.0 Å². The monoisotopic (exact) mass is 320 g/mol. The van der Waals surface area contributed by atoms with Gasteiger partial charge in [0.25, 0.3) is 0 Å². The molecule has 23 heavy (non-hydrogen) atoms. The Labute approximate surface area is 135 Å². The molecule has 0 spiro atoms. The molecule has 0 saturated carbocycles. The molecule has 0 N–H and O–H groups in total. The molecule has 6 heteroatoms. The molecule has 1 aromatic rings. The molecule has 0 bridgehead atoms. The molecule has 0 fully saturated rings. The van der Waals surface area contributed by atoms with Crippen LogP contribution in [0.3, 0.4) is 0 Å². The molecule has 0 amide bonds. The van der Waals surface area contributed by atoms with Gasteiger partial charge in [0, 0.05) is 5.57 Å². The molecule has 1 atom stereocenters. The third-order valence-electron chi connectivity index (χ3n) is 2.91. The van der Waals surface area contributed by atoms with Gasteiger partial charge in [-0.25, -0.2) is 14.4 Å². The lowest BCUT2D eigenvalue weighted by Crippen LogP contribution is -2.31. The van der Waals surface area contributed by atoms with E-state index in [0.717, 1.165) is 0 Å². The Morgan fingerprint density at radius 3 is 2.26 bits per heavy atom. The van der Waals surface area contributed by atoms with Crippen LogP contribution in [0.25, 0.3) is 0 Å². The molecule has 124 valence electrons. The molecule has 0 aliphatic carbocycles. The lowest BCUT2D eigenvalue weighted by atomic mass is 10.2. The molecule has 0 saturated heterocycles. The van der Waals surface area contributed by atoms with Gasteiger partial charge in [-0.05, 0) is 37.6 Å². The summed E-state index contributed by atoms with van der Waals surface area (Å²) >= 11 is 0.